The number of hydrogen-bond donors (Lipinski definition) is 1. The van der Waals surface area contributed by atoms with Gasteiger partial charge in [0, 0.05) is 13.2 Å². The molecule has 1 aromatic heterocycles. The number of rotatable bonds is 3. The maximum atomic E-state index is 5.51. The van der Waals surface area contributed by atoms with Crippen LogP contribution in [0.25, 0.3) is 22.2 Å². The quantitative estimate of drug-likeness (QED) is 0.687. The molecule has 0 aliphatic rings. The van der Waals surface area contributed by atoms with E-state index < -0.39 is 0 Å². The molecular weight excluding hydrogens is 377 g/mol. The van der Waals surface area contributed by atoms with E-state index in [1.165, 1.54) is 0 Å². The molecular formula is C16H14IN3O. The van der Waals surface area contributed by atoms with E-state index in [9.17, 15) is 0 Å². The molecule has 106 valence electrons. The van der Waals surface area contributed by atoms with Crippen LogP contribution in [0, 0.1) is 3.57 Å². The van der Waals surface area contributed by atoms with E-state index >= 15 is 0 Å². The molecule has 3 rings (SSSR count). The monoisotopic (exact) mass is 391 g/mol. The van der Waals surface area contributed by atoms with Crippen molar-refractivity contribution < 1.29 is 4.74 Å². The zero-order valence-electron chi connectivity index (χ0n) is 11.7. The smallest absolute Gasteiger partial charge is 0.165 e. The summed E-state index contributed by atoms with van der Waals surface area (Å²) in [5.41, 5.74) is 0.920. The summed E-state index contributed by atoms with van der Waals surface area (Å²) in [4.78, 5) is 9.09. The lowest BCUT2D eigenvalue weighted by Crippen LogP contribution is -2.00. The largest absolute Gasteiger partial charge is 0.496 e. The second-order valence-electron chi connectivity index (χ2n) is 4.50. The Balaban J connectivity index is 2.32. The van der Waals surface area contributed by atoms with Gasteiger partial charge in [-0.3, -0.25) is 0 Å². The minimum absolute atomic E-state index is 0.661. The summed E-state index contributed by atoms with van der Waals surface area (Å²) < 4.78 is 6.49. The number of anilines is 1. The first-order valence-corrected chi connectivity index (χ1v) is 7.59. The highest BCUT2D eigenvalue weighted by Crippen LogP contribution is 2.35. The van der Waals surface area contributed by atoms with Gasteiger partial charge in [-0.25, -0.2) is 9.97 Å². The van der Waals surface area contributed by atoms with Gasteiger partial charge in [0.25, 0.3) is 0 Å². The lowest BCUT2D eigenvalue weighted by atomic mass is 10.0. The van der Waals surface area contributed by atoms with E-state index in [2.05, 4.69) is 50.0 Å². The highest BCUT2D eigenvalue weighted by molar-refractivity contribution is 14.1. The predicted octanol–water partition coefficient (Wildman–Crippen LogP) is 3.95. The number of methoxy groups -OCH3 is 1. The van der Waals surface area contributed by atoms with Crippen LogP contribution in [-0.4, -0.2) is 24.1 Å². The number of nitrogens with zero attached hydrogens (tertiary/aromatic N) is 2. The molecule has 0 radical (unpaired) electrons. The average molecular weight is 391 g/mol. The Morgan fingerprint density at radius 3 is 2.71 bits per heavy atom. The first-order valence-electron chi connectivity index (χ1n) is 6.51. The van der Waals surface area contributed by atoms with E-state index in [0.29, 0.717) is 5.82 Å². The molecule has 0 aliphatic heterocycles. The van der Waals surface area contributed by atoms with Gasteiger partial charge in [0.05, 0.1) is 16.2 Å². The molecule has 0 bridgehead atoms. The van der Waals surface area contributed by atoms with Crippen molar-refractivity contribution in [3.05, 3.63) is 46.2 Å². The van der Waals surface area contributed by atoms with Crippen molar-refractivity contribution in [3.8, 4) is 17.1 Å². The van der Waals surface area contributed by atoms with Crippen molar-refractivity contribution >= 4 is 39.2 Å². The van der Waals surface area contributed by atoms with Gasteiger partial charge in [-0.2, -0.15) is 0 Å². The molecule has 1 N–H and O–H groups in total. The van der Waals surface area contributed by atoms with Crippen LogP contribution in [-0.2, 0) is 0 Å². The van der Waals surface area contributed by atoms with Crippen molar-refractivity contribution in [2.45, 2.75) is 0 Å². The Morgan fingerprint density at radius 2 is 1.95 bits per heavy atom. The Hall–Kier alpha value is -1.89. The maximum absolute atomic E-state index is 5.51. The first kappa shape index (κ1) is 14.1. The molecule has 21 heavy (non-hydrogen) atoms. The third-order valence-electron chi connectivity index (χ3n) is 3.32. The topological polar surface area (TPSA) is 47.0 Å². The highest BCUT2D eigenvalue weighted by atomic mass is 127. The van der Waals surface area contributed by atoms with E-state index in [-0.39, 0.29) is 0 Å². The second-order valence-corrected chi connectivity index (χ2v) is 5.67. The number of fused-ring (bicyclic) bond motifs is 1. The number of halogens is 1. The fourth-order valence-corrected chi connectivity index (χ4v) is 2.84. The summed E-state index contributed by atoms with van der Waals surface area (Å²) in [5, 5.41) is 5.32. The fraction of sp³-hybridized carbons (Fsp3) is 0.125. The Kier molecular flexibility index (Phi) is 3.92. The molecule has 0 saturated carbocycles. The summed E-state index contributed by atoms with van der Waals surface area (Å²) in [7, 11) is 3.52. The van der Waals surface area contributed by atoms with E-state index in [1.54, 1.807) is 7.11 Å². The predicted molar refractivity (Wildman–Crippen MR) is 93.8 cm³/mol. The van der Waals surface area contributed by atoms with Crippen LogP contribution in [0.5, 0.6) is 5.75 Å². The van der Waals surface area contributed by atoms with Gasteiger partial charge >= 0.3 is 0 Å². The molecule has 1 heterocycles. The van der Waals surface area contributed by atoms with Crippen molar-refractivity contribution in [2.24, 2.45) is 0 Å². The van der Waals surface area contributed by atoms with Crippen LogP contribution in [0.2, 0.25) is 0 Å². The summed E-state index contributed by atoms with van der Waals surface area (Å²) in [6, 6.07) is 12.2. The van der Waals surface area contributed by atoms with Gasteiger partial charge in [0.15, 0.2) is 5.82 Å². The minimum atomic E-state index is 0.661. The van der Waals surface area contributed by atoms with Crippen LogP contribution < -0.4 is 10.1 Å². The fourth-order valence-electron chi connectivity index (χ4n) is 2.32. The summed E-state index contributed by atoms with van der Waals surface area (Å²) in [6.45, 7) is 0. The number of hydrogen-bond acceptors (Lipinski definition) is 4. The summed E-state index contributed by atoms with van der Waals surface area (Å²) in [6.07, 6.45) is 1.82. The Morgan fingerprint density at radius 1 is 1.14 bits per heavy atom. The van der Waals surface area contributed by atoms with Gasteiger partial charge in [0.1, 0.15) is 11.6 Å². The highest BCUT2D eigenvalue weighted by Gasteiger charge is 2.14. The van der Waals surface area contributed by atoms with Crippen LogP contribution >= 0.6 is 22.6 Å². The molecule has 0 unspecified atom stereocenters. The minimum Gasteiger partial charge on any atom is -0.496 e. The van der Waals surface area contributed by atoms with Crippen molar-refractivity contribution in [3.63, 3.8) is 0 Å². The number of ether oxygens (including phenoxy) is 1. The molecule has 0 fully saturated rings. The van der Waals surface area contributed by atoms with Gasteiger partial charge in [-0.1, -0.05) is 30.3 Å². The summed E-state index contributed by atoms with van der Waals surface area (Å²) >= 11 is 2.21. The molecule has 0 aliphatic carbocycles. The number of aromatic nitrogens is 2. The number of nitrogens with one attached hydrogen (secondary N) is 1. The Labute approximate surface area is 136 Å². The van der Waals surface area contributed by atoms with Crippen LogP contribution in [0.3, 0.4) is 0 Å². The molecule has 0 amide bonds. The SMILES string of the molecule is CNc1nc(-c2c(OC)ccc3ccccc23)ncc1I. The third kappa shape index (κ3) is 2.53. The molecule has 0 spiro atoms. The first-order chi connectivity index (χ1) is 10.2. The van der Waals surface area contributed by atoms with Crippen molar-refractivity contribution in [2.75, 3.05) is 19.5 Å². The average Bonchev–Trinajstić information content (AvgIpc) is 2.54. The van der Waals surface area contributed by atoms with Crippen LogP contribution in [0.4, 0.5) is 5.82 Å². The van der Waals surface area contributed by atoms with E-state index in [4.69, 9.17) is 4.74 Å². The van der Waals surface area contributed by atoms with Crippen LogP contribution in [0.1, 0.15) is 0 Å². The molecule has 5 heteroatoms. The van der Waals surface area contributed by atoms with Gasteiger partial charge in [-0.15, -0.1) is 0 Å². The maximum Gasteiger partial charge on any atom is 0.165 e. The third-order valence-corrected chi connectivity index (χ3v) is 4.10. The van der Waals surface area contributed by atoms with Gasteiger partial charge < -0.3 is 10.1 Å². The van der Waals surface area contributed by atoms with Crippen molar-refractivity contribution in [1.29, 1.82) is 0 Å². The van der Waals surface area contributed by atoms with E-state index in [1.807, 2.05) is 37.5 Å². The molecule has 0 atom stereocenters. The molecule has 3 aromatic rings. The zero-order valence-corrected chi connectivity index (χ0v) is 13.9. The molecule has 2 aromatic carbocycles. The molecule has 4 nitrogen and oxygen atoms in total. The molecule has 0 saturated heterocycles. The summed E-state index contributed by atoms with van der Waals surface area (Å²) in [5.74, 6) is 2.25. The Bertz CT molecular complexity index is 805. The number of benzene rings is 2. The lowest BCUT2D eigenvalue weighted by molar-refractivity contribution is 0.416. The van der Waals surface area contributed by atoms with Crippen molar-refractivity contribution in [1.82, 2.24) is 9.97 Å². The van der Waals surface area contributed by atoms with Gasteiger partial charge in [0.2, 0.25) is 0 Å². The van der Waals surface area contributed by atoms with Crippen LogP contribution in [0.15, 0.2) is 42.6 Å². The lowest BCUT2D eigenvalue weighted by Gasteiger charge is -2.12. The standard InChI is InChI=1S/C16H14IN3O/c1-18-15-12(17)9-19-16(20-15)14-11-6-4-3-5-10(11)7-8-13(14)21-2/h3-9H,1-2H3,(H,18,19,20). The van der Waals surface area contributed by atoms with Gasteiger partial charge in [-0.05, 0) is 39.4 Å². The van der Waals surface area contributed by atoms with E-state index in [0.717, 1.165) is 31.5 Å². The second kappa shape index (κ2) is 5.85. The zero-order chi connectivity index (χ0) is 14.8. The normalized spacial score (nSPS) is 10.6.